The number of hydrogen-bond donors (Lipinski definition) is 2. The number of hydrogen-bond acceptors (Lipinski definition) is 5. The third-order valence-corrected chi connectivity index (χ3v) is 8.91. The SMILES string of the molecule is CC(C)N1CC2N(Sc3ccc(Cl)cc3Cl)CC(NC(=O)NC(C)(C)C)C(=O)N2C(Cc2ccc(C(F)(F)F)cc2)C1=O. The van der Waals surface area contributed by atoms with Gasteiger partial charge in [-0.05, 0) is 82.5 Å². The van der Waals surface area contributed by atoms with Crippen LogP contribution < -0.4 is 10.6 Å². The predicted octanol–water partition coefficient (Wildman–Crippen LogP) is 5.82. The van der Waals surface area contributed by atoms with Gasteiger partial charge >= 0.3 is 12.2 Å². The van der Waals surface area contributed by atoms with Gasteiger partial charge in [0.2, 0.25) is 11.8 Å². The number of piperazine rings is 1. The van der Waals surface area contributed by atoms with E-state index >= 15 is 0 Å². The van der Waals surface area contributed by atoms with Crippen LogP contribution in [0.5, 0.6) is 0 Å². The van der Waals surface area contributed by atoms with Crippen molar-refractivity contribution in [3.63, 3.8) is 0 Å². The normalized spacial score (nSPS) is 21.7. The fourth-order valence-corrected chi connectivity index (χ4v) is 6.64. The third-order valence-electron chi connectivity index (χ3n) is 7.07. The summed E-state index contributed by atoms with van der Waals surface area (Å²) in [6, 6.07) is 6.80. The molecule has 3 atom stereocenters. The number of amides is 4. The van der Waals surface area contributed by atoms with Gasteiger partial charge in [-0.1, -0.05) is 35.3 Å². The number of rotatable bonds is 6. The molecule has 2 aliphatic rings. The monoisotopic (exact) mass is 659 g/mol. The number of urea groups is 1. The van der Waals surface area contributed by atoms with E-state index in [1.807, 2.05) is 18.2 Å². The molecule has 0 spiro atoms. The Morgan fingerprint density at radius 2 is 1.67 bits per heavy atom. The van der Waals surface area contributed by atoms with Gasteiger partial charge in [0.25, 0.3) is 0 Å². The van der Waals surface area contributed by atoms with Crippen molar-refractivity contribution in [3.8, 4) is 0 Å². The first-order chi connectivity index (χ1) is 19.9. The van der Waals surface area contributed by atoms with Crippen molar-refractivity contribution in [3.05, 3.63) is 63.6 Å². The summed E-state index contributed by atoms with van der Waals surface area (Å²) in [4.78, 5) is 44.6. The van der Waals surface area contributed by atoms with E-state index in [0.717, 1.165) is 12.1 Å². The number of carbonyl (C=O) groups is 3. The van der Waals surface area contributed by atoms with E-state index in [4.69, 9.17) is 23.2 Å². The summed E-state index contributed by atoms with van der Waals surface area (Å²) in [5, 5.41) is 6.39. The zero-order valence-electron chi connectivity index (χ0n) is 24.3. The summed E-state index contributed by atoms with van der Waals surface area (Å²) >= 11 is 13.9. The molecule has 2 fully saturated rings. The van der Waals surface area contributed by atoms with Crippen molar-refractivity contribution < 1.29 is 27.6 Å². The van der Waals surface area contributed by atoms with Gasteiger partial charge < -0.3 is 20.4 Å². The molecule has 0 bridgehead atoms. The van der Waals surface area contributed by atoms with Gasteiger partial charge in [0.1, 0.15) is 18.2 Å². The standard InChI is InChI=1S/C29H34Cl2F3N5O3S/c1-16(2)37-15-24-38(43-23-11-10-19(30)13-20(23)31)14-21(35-27(42)36-28(3,4)5)25(40)39(24)22(26(37)41)12-17-6-8-18(9-7-17)29(32,33)34/h6-11,13,16,21-22,24H,12,14-15H2,1-5H3,(H2,35,36,42). The minimum atomic E-state index is -4.51. The molecule has 0 aromatic heterocycles. The lowest BCUT2D eigenvalue weighted by atomic mass is 9.96. The molecule has 43 heavy (non-hydrogen) atoms. The van der Waals surface area contributed by atoms with E-state index in [1.165, 1.54) is 29.0 Å². The van der Waals surface area contributed by atoms with Crippen LogP contribution in [0.3, 0.4) is 0 Å². The smallest absolute Gasteiger partial charge is 0.335 e. The number of fused-ring (bicyclic) bond motifs is 1. The molecule has 2 aliphatic heterocycles. The van der Waals surface area contributed by atoms with E-state index in [-0.39, 0.29) is 31.5 Å². The van der Waals surface area contributed by atoms with Crippen molar-refractivity contribution in [2.24, 2.45) is 0 Å². The van der Waals surface area contributed by atoms with E-state index in [2.05, 4.69) is 10.6 Å². The Morgan fingerprint density at radius 1 is 1.02 bits per heavy atom. The average Bonchev–Trinajstić information content (AvgIpc) is 2.88. The minimum Gasteiger partial charge on any atom is -0.335 e. The molecule has 234 valence electrons. The number of alkyl halides is 3. The highest BCUT2D eigenvalue weighted by Crippen LogP contribution is 2.38. The summed E-state index contributed by atoms with van der Waals surface area (Å²) in [6.45, 7) is 9.43. The lowest BCUT2D eigenvalue weighted by Gasteiger charge is -2.54. The molecule has 2 saturated heterocycles. The van der Waals surface area contributed by atoms with Gasteiger partial charge in [0.05, 0.1) is 17.1 Å². The van der Waals surface area contributed by atoms with E-state index < -0.39 is 47.5 Å². The summed E-state index contributed by atoms with van der Waals surface area (Å²) in [7, 11) is 0. The van der Waals surface area contributed by atoms with Crippen LogP contribution in [0.15, 0.2) is 47.4 Å². The molecule has 2 aromatic carbocycles. The first-order valence-corrected chi connectivity index (χ1v) is 15.2. The average molecular weight is 661 g/mol. The molecule has 0 saturated carbocycles. The lowest BCUT2D eigenvalue weighted by molar-refractivity contribution is -0.168. The highest BCUT2D eigenvalue weighted by Gasteiger charge is 2.51. The highest BCUT2D eigenvalue weighted by molar-refractivity contribution is 7.97. The van der Waals surface area contributed by atoms with Crippen molar-refractivity contribution in [2.75, 3.05) is 13.1 Å². The van der Waals surface area contributed by atoms with Gasteiger partial charge in [0.15, 0.2) is 0 Å². The molecule has 2 heterocycles. The third kappa shape index (κ3) is 7.89. The Hall–Kier alpha value is -2.67. The van der Waals surface area contributed by atoms with E-state index in [1.54, 1.807) is 43.9 Å². The molecule has 0 aliphatic carbocycles. The molecule has 0 radical (unpaired) electrons. The molecule has 3 unspecified atom stereocenters. The highest BCUT2D eigenvalue weighted by atomic mass is 35.5. The zero-order chi connectivity index (χ0) is 31.9. The van der Waals surface area contributed by atoms with Crippen molar-refractivity contribution in [1.29, 1.82) is 0 Å². The topological polar surface area (TPSA) is 85.0 Å². The fraction of sp³-hybridized carbons (Fsp3) is 0.483. The summed E-state index contributed by atoms with van der Waals surface area (Å²) in [5.41, 5.74) is -0.915. The van der Waals surface area contributed by atoms with Crippen LogP contribution in [0.1, 0.15) is 45.7 Å². The van der Waals surface area contributed by atoms with Crippen LogP contribution in [0.2, 0.25) is 10.0 Å². The van der Waals surface area contributed by atoms with Crippen LogP contribution in [-0.2, 0) is 22.2 Å². The molecular formula is C29H34Cl2F3N5O3S. The van der Waals surface area contributed by atoms with Crippen molar-refractivity contribution in [1.82, 2.24) is 24.7 Å². The molecule has 14 heteroatoms. The molecule has 2 N–H and O–H groups in total. The molecule has 8 nitrogen and oxygen atoms in total. The first-order valence-electron chi connectivity index (χ1n) is 13.7. The minimum absolute atomic E-state index is 0.0104. The summed E-state index contributed by atoms with van der Waals surface area (Å²) in [6.07, 6.45) is -5.13. The Kier molecular flexibility index (Phi) is 9.85. The quantitative estimate of drug-likeness (QED) is 0.382. The zero-order valence-corrected chi connectivity index (χ0v) is 26.7. The predicted molar refractivity (Wildman–Crippen MR) is 161 cm³/mol. The van der Waals surface area contributed by atoms with Gasteiger partial charge in [-0.2, -0.15) is 13.2 Å². The van der Waals surface area contributed by atoms with Crippen LogP contribution in [0.4, 0.5) is 18.0 Å². The molecular weight excluding hydrogens is 626 g/mol. The number of halogens is 5. The van der Waals surface area contributed by atoms with Crippen LogP contribution in [0.25, 0.3) is 0 Å². The van der Waals surface area contributed by atoms with Crippen LogP contribution in [-0.4, -0.2) is 74.9 Å². The van der Waals surface area contributed by atoms with E-state index in [9.17, 15) is 27.6 Å². The van der Waals surface area contributed by atoms with Gasteiger partial charge in [0, 0.05) is 34.5 Å². The fourth-order valence-electron chi connectivity index (χ4n) is 5.08. The number of carbonyl (C=O) groups excluding carboxylic acids is 3. The Morgan fingerprint density at radius 3 is 2.23 bits per heavy atom. The van der Waals surface area contributed by atoms with Gasteiger partial charge in [-0.25, -0.2) is 9.10 Å². The van der Waals surface area contributed by atoms with Gasteiger partial charge in [-0.15, -0.1) is 0 Å². The van der Waals surface area contributed by atoms with Crippen molar-refractivity contribution in [2.45, 2.75) is 81.9 Å². The number of nitrogens with zero attached hydrogens (tertiary/aromatic N) is 3. The maximum absolute atomic E-state index is 14.1. The maximum atomic E-state index is 14.1. The number of nitrogens with one attached hydrogen (secondary N) is 2. The van der Waals surface area contributed by atoms with Crippen LogP contribution >= 0.6 is 35.1 Å². The molecule has 4 amide bonds. The maximum Gasteiger partial charge on any atom is 0.416 e. The van der Waals surface area contributed by atoms with Crippen molar-refractivity contribution >= 4 is 53.0 Å². The lowest BCUT2D eigenvalue weighted by Crippen LogP contribution is -2.75. The molecule has 4 rings (SSSR count). The first kappa shape index (κ1) is 33.2. The second kappa shape index (κ2) is 12.7. The van der Waals surface area contributed by atoms with Gasteiger partial charge in [-0.3, -0.25) is 9.59 Å². The Labute approximate surface area is 263 Å². The Bertz CT molecular complexity index is 1370. The largest absolute Gasteiger partial charge is 0.416 e. The Balaban J connectivity index is 1.73. The summed E-state index contributed by atoms with van der Waals surface area (Å²) < 4.78 is 41.5. The second-order valence-electron chi connectivity index (χ2n) is 11.9. The molecule has 2 aromatic rings. The summed E-state index contributed by atoms with van der Waals surface area (Å²) in [5.74, 6) is -0.782. The van der Waals surface area contributed by atoms with Crippen LogP contribution in [0, 0.1) is 0 Å². The second-order valence-corrected chi connectivity index (χ2v) is 13.8. The number of benzene rings is 2. The van der Waals surface area contributed by atoms with E-state index in [0.29, 0.717) is 20.5 Å².